The Kier molecular flexibility index (Phi) is 2.59. The third-order valence-electron chi connectivity index (χ3n) is 3.94. The summed E-state index contributed by atoms with van der Waals surface area (Å²) in [5.41, 5.74) is 1.02. The van der Waals surface area contributed by atoms with Crippen LogP contribution >= 0.6 is 0 Å². The molecule has 1 aromatic heterocycles. The third-order valence-corrected chi connectivity index (χ3v) is 3.94. The fourth-order valence-corrected chi connectivity index (χ4v) is 2.90. The molecule has 1 aromatic rings. The number of amides is 1. The Hall–Kier alpha value is -1.42. The molecule has 1 N–H and O–H groups in total. The molecule has 0 bridgehead atoms. The number of rotatable bonds is 2. The topological polar surface area (TPSA) is 45.2 Å². The zero-order chi connectivity index (χ0) is 11.7. The van der Waals surface area contributed by atoms with Gasteiger partial charge in [0.25, 0.3) is 0 Å². The van der Waals surface area contributed by atoms with Gasteiger partial charge in [0, 0.05) is 32.0 Å². The second-order valence-corrected chi connectivity index (χ2v) is 5.05. The van der Waals surface area contributed by atoms with Gasteiger partial charge >= 0.3 is 0 Å². The standard InChI is InChI=1S/C13H17N3O/c17-12-13(3-6-15-10-13)4-7-16(12)9-11-2-1-5-14-8-11/h1-2,5,8,15H,3-4,6-7,9-10H2/t13-/m1/s1. The molecule has 2 aliphatic heterocycles. The largest absolute Gasteiger partial charge is 0.338 e. The van der Waals surface area contributed by atoms with Crippen LogP contribution in [0.25, 0.3) is 0 Å². The summed E-state index contributed by atoms with van der Waals surface area (Å²) in [4.78, 5) is 18.5. The lowest BCUT2D eigenvalue weighted by atomic mass is 9.86. The quantitative estimate of drug-likeness (QED) is 0.818. The molecule has 2 saturated heterocycles. The van der Waals surface area contributed by atoms with Crippen LogP contribution in [-0.2, 0) is 11.3 Å². The first-order chi connectivity index (χ1) is 8.30. The van der Waals surface area contributed by atoms with Crippen molar-refractivity contribution in [3.05, 3.63) is 30.1 Å². The van der Waals surface area contributed by atoms with Crippen molar-refractivity contribution in [1.82, 2.24) is 15.2 Å². The molecule has 3 heterocycles. The van der Waals surface area contributed by atoms with Crippen LogP contribution in [0.1, 0.15) is 18.4 Å². The maximum Gasteiger partial charge on any atom is 0.230 e. The van der Waals surface area contributed by atoms with Crippen molar-refractivity contribution in [2.24, 2.45) is 5.41 Å². The van der Waals surface area contributed by atoms with E-state index in [9.17, 15) is 4.79 Å². The highest BCUT2D eigenvalue weighted by Crippen LogP contribution is 2.37. The number of nitrogens with one attached hydrogen (secondary N) is 1. The average Bonchev–Trinajstić information content (AvgIpc) is 2.95. The molecule has 1 atom stereocenters. The van der Waals surface area contributed by atoms with Crippen LogP contribution < -0.4 is 5.32 Å². The molecule has 17 heavy (non-hydrogen) atoms. The number of carbonyl (C=O) groups is 1. The fraction of sp³-hybridized carbons (Fsp3) is 0.538. The number of hydrogen-bond donors (Lipinski definition) is 1. The lowest BCUT2D eigenvalue weighted by Gasteiger charge is -2.21. The molecule has 0 saturated carbocycles. The minimum atomic E-state index is -0.0950. The van der Waals surface area contributed by atoms with E-state index in [0.717, 1.165) is 38.0 Å². The number of carbonyl (C=O) groups excluding carboxylic acids is 1. The van der Waals surface area contributed by atoms with Crippen molar-refractivity contribution in [2.75, 3.05) is 19.6 Å². The molecule has 1 spiro atoms. The van der Waals surface area contributed by atoms with Crippen LogP contribution in [0.4, 0.5) is 0 Å². The molecule has 4 heteroatoms. The molecule has 3 rings (SSSR count). The maximum absolute atomic E-state index is 12.4. The molecule has 1 amide bonds. The molecule has 0 radical (unpaired) electrons. The fourth-order valence-electron chi connectivity index (χ4n) is 2.90. The van der Waals surface area contributed by atoms with Crippen molar-refractivity contribution in [1.29, 1.82) is 0 Å². The SMILES string of the molecule is O=C1N(Cc2cccnc2)CC[C@@]12CCNC2. The highest BCUT2D eigenvalue weighted by Gasteiger charge is 2.47. The summed E-state index contributed by atoms with van der Waals surface area (Å²) in [6.07, 6.45) is 5.59. The second kappa shape index (κ2) is 4.11. The van der Waals surface area contributed by atoms with E-state index in [1.807, 2.05) is 23.2 Å². The van der Waals surface area contributed by atoms with Crippen molar-refractivity contribution >= 4 is 5.91 Å². The summed E-state index contributed by atoms with van der Waals surface area (Å²) < 4.78 is 0. The van der Waals surface area contributed by atoms with E-state index in [1.54, 1.807) is 6.20 Å². The summed E-state index contributed by atoms with van der Waals surface area (Å²) in [5, 5.41) is 3.31. The average molecular weight is 231 g/mol. The van der Waals surface area contributed by atoms with Gasteiger partial charge in [-0.05, 0) is 31.0 Å². The van der Waals surface area contributed by atoms with E-state index in [4.69, 9.17) is 0 Å². The minimum absolute atomic E-state index is 0.0950. The van der Waals surface area contributed by atoms with Gasteiger partial charge in [0.1, 0.15) is 0 Å². The Labute approximate surface area is 101 Å². The molecule has 2 aliphatic rings. The Morgan fingerprint density at radius 3 is 3.12 bits per heavy atom. The zero-order valence-electron chi connectivity index (χ0n) is 9.85. The van der Waals surface area contributed by atoms with Crippen molar-refractivity contribution in [3.63, 3.8) is 0 Å². The minimum Gasteiger partial charge on any atom is -0.338 e. The number of likely N-dealkylation sites (tertiary alicyclic amines) is 1. The Bertz CT molecular complexity index is 412. The Morgan fingerprint density at radius 2 is 2.41 bits per heavy atom. The Balaban J connectivity index is 1.72. The van der Waals surface area contributed by atoms with Crippen LogP contribution in [-0.4, -0.2) is 35.4 Å². The first kappa shape index (κ1) is 10.7. The van der Waals surface area contributed by atoms with E-state index in [-0.39, 0.29) is 5.41 Å². The van der Waals surface area contributed by atoms with E-state index in [1.165, 1.54) is 0 Å². The van der Waals surface area contributed by atoms with Crippen LogP contribution in [0.5, 0.6) is 0 Å². The van der Waals surface area contributed by atoms with Gasteiger partial charge < -0.3 is 10.2 Å². The van der Waals surface area contributed by atoms with Crippen molar-refractivity contribution in [3.8, 4) is 0 Å². The van der Waals surface area contributed by atoms with Crippen molar-refractivity contribution < 1.29 is 4.79 Å². The summed E-state index contributed by atoms with van der Waals surface area (Å²) in [7, 11) is 0. The van der Waals surface area contributed by atoms with Gasteiger partial charge in [0.05, 0.1) is 5.41 Å². The third kappa shape index (κ3) is 1.82. The predicted octanol–water partition coefficient (Wildman–Crippen LogP) is 0.794. The molecule has 2 fully saturated rings. The molecular formula is C13H17N3O. The van der Waals surface area contributed by atoms with Crippen molar-refractivity contribution in [2.45, 2.75) is 19.4 Å². The summed E-state index contributed by atoms with van der Waals surface area (Å²) in [5.74, 6) is 0.325. The van der Waals surface area contributed by atoms with E-state index >= 15 is 0 Å². The van der Waals surface area contributed by atoms with Crippen LogP contribution in [0.2, 0.25) is 0 Å². The number of hydrogen-bond acceptors (Lipinski definition) is 3. The first-order valence-corrected chi connectivity index (χ1v) is 6.19. The van der Waals surface area contributed by atoms with Gasteiger partial charge in [-0.2, -0.15) is 0 Å². The molecular weight excluding hydrogens is 214 g/mol. The summed E-state index contributed by atoms with van der Waals surface area (Å²) in [6, 6.07) is 3.95. The second-order valence-electron chi connectivity index (χ2n) is 5.05. The zero-order valence-corrected chi connectivity index (χ0v) is 9.85. The number of pyridine rings is 1. The lowest BCUT2D eigenvalue weighted by Crippen LogP contribution is -2.35. The normalized spacial score (nSPS) is 28.2. The highest BCUT2D eigenvalue weighted by molar-refractivity contribution is 5.85. The Morgan fingerprint density at radius 1 is 1.47 bits per heavy atom. The first-order valence-electron chi connectivity index (χ1n) is 6.19. The predicted molar refractivity (Wildman–Crippen MR) is 64.2 cm³/mol. The van der Waals surface area contributed by atoms with Gasteiger partial charge in [0.2, 0.25) is 5.91 Å². The lowest BCUT2D eigenvalue weighted by molar-refractivity contribution is -0.135. The maximum atomic E-state index is 12.4. The summed E-state index contributed by atoms with van der Waals surface area (Å²) >= 11 is 0. The van der Waals surface area contributed by atoms with Gasteiger partial charge in [-0.15, -0.1) is 0 Å². The van der Waals surface area contributed by atoms with Crippen LogP contribution in [0.3, 0.4) is 0 Å². The van der Waals surface area contributed by atoms with Gasteiger partial charge in [-0.1, -0.05) is 6.07 Å². The monoisotopic (exact) mass is 231 g/mol. The molecule has 0 unspecified atom stereocenters. The van der Waals surface area contributed by atoms with Gasteiger partial charge in [0.15, 0.2) is 0 Å². The van der Waals surface area contributed by atoms with E-state index in [2.05, 4.69) is 10.3 Å². The van der Waals surface area contributed by atoms with Gasteiger partial charge in [-0.3, -0.25) is 9.78 Å². The van der Waals surface area contributed by atoms with Crippen LogP contribution in [0.15, 0.2) is 24.5 Å². The van der Waals surface area contributed by atoms with Gasteiger partial charge in [-0.25, -0.2) is 0 Å². The summed E-state index contributed by atoms with van der Waals surface area (Å²) in [6.45, 7) is 3.42. The molecule has 0 aromatic carbocycles. The highest BCUT2D eigenvalue weighted by atomic mass is 16.2. The van der Waals surface area contributed by atoms with Crippen LogP contribution in [0, 0.1) is 5.41 Å². The molecule has 4 nitrogen and oxygen atoms in total. The van der Waals surface area contributed by atoms with E-state index < -0.39 is 0 Å². The number of aromatic nitrogens is 1. The smallest absolute Gasteiger partial charge is 0.230 e. The molecule has 0 aliphatic carbocycles. The molecule has 90 valence electrons. The van der Waals surface area contributed by atoms with E-state index in [0.29, 0.717) is 12.5 Å². The number of nitrogens with zero attached hydrogens (tertiary/aromatic N) is 2.